The van der Waals surface area contributed by atoms with E-state index in [1.54, 1.807) is 0 Å². The molecule has 110 valence electrons. The summed E-state index contributed by atoms with van der Waals surface area (Å²) in [6, 6.07) is 0. The molecule has 1 saturated carbocycles. The Morgan fingerprint density at radius 3 is 2.32 bits per heavy atom. The van der Waals surface area contributed by atoms with Crippen LogP contribution in [0.5, 0.6) is 0 Å². The van der Waals surface area contributed by atoms with Crippen LogP contribution in [0.15, 0.2) is 0 Å². The van der Waals surface area contributed by atoms with Gasteiger partial charge >= 0.3 is 5.97 Å². The summed E-state index contributed by atoms with van der Waals surface area (Å²) in [5.41, 5.74) is -0.309. The average molecular weight is 459 g/mol. The van der Waals surface area contributed by atoms with Gasteiger partial charge in [0.2, 0.25) is 3.79 Å². The molecule has 0 saturated heterocycles. The van der Waals surface area contributed by atoms with E-state index in [-0.39, 0.29) is 39.8 Å². The van der Waals surface area contributed by atoms with Gasteiger partial charge in [-0.25, -0.2) is 0 Å². The number of alkyl halides is 5. The van der Waals surface area contributed by atoms with Gasteiger partial charge in [0.15, 0.2) is 5.78 Å². The highest BCUT2D eigenvalue weighted by molar-refractivity contribution is 9.10. The average Bonchev–Trinajstić information content (AvgIpc) is 2.86. The summed E-state index contributed by atoms with van der Waals surface area (Å²) >= 11 is 23.0. The van der Waals surface area contributed by atoms with Gasteiger partial charge in [-0.15, -0.1) is 0 Å². The Balaban J connectivity index is 2.65. The second kappa shape index (κ2) is 6.39. The van der Waals surface area contributed by atoms with Crippen molar-refractivity contribution in [3.63, 3.8) is 0 Å². The first-order valence-corrected chi connectivity index (χ1v) is 8.65. The van der Waals surface area contributed by atoms with Gasteiger partial charge in [0.05, 0.1) is 16.1 Å². The molecule has 1 unspecified atom stereocenters. The number of carbonyl (C=O) groups is 2. The smallest absolute Gasteiger partial charge is 0.309 e. The van der Waals surface area contributed by atoms with Crippen LogP contribution in [0, 0.1) is 17.3 Å². The molecule has 0 heterocycles. The third-order valence-electron chi connectivity index (χ3n) is 3.30. The molecule has 19 heavy (non-hydrogen) atoms. The van der Waals surface area contributed by atoms with Crippen molar-refractivity contribution >= 4 is 78.4 Å². The Hall–Kier alpha value is 0.970. The van der Waals surface area contributed by atoms with Gasteiger partial charge in [0.25, 0.3) is 0 Å². The predicted molar refractivity (Wildman–Crippen MR) is 83.5 cm³/mol. The van der Waals surface area contributed by atoms with E-state index in [1.807, 2.05) is 13.8 Å². The fourth-order valence-corrected chi connectivity index (χ4v) is 4.29. The SMILES string of the molecule is CC1(C)[C@H](C(=O)OCC(Cl)(Cl)Cl)[C@@H]1C(Br)C(=O)CBr. The molecule has 0 aromatic heterocycles. The van der Waals surface area contributed by atoms with Crippen molar-refractivity contribution in [3.05, 3.63) is 0 Å². The van der Waals surface area contributed by atoms with Gasteiger partial charge in [-0.3, -0.25) is 9.59 Å². The predicted octanol–water partition coefficient (Wildman–Crippen LogP) is 3.90. The van der Waals surface area contributed by atoms with Crippen molar-refractivity contribution < 1.29 is 14.3 Å². The minimum atomic E-state index is -1.62. The maximum Gasteiger partial charge on any atom is 0.309 e. The van der Waals surface area contributed by atoms with Crippen LogP contribution in [0.2, 0.25) is 0 Å². The highest BCUT2D eigenvalue weighted by atomic mass is 79.9. The molecule has 1 aliphatic rings. The van der Waals surface area contributed by atoms with Gasteiger partial charge in [-0.2, -0.15) is 0 Å². The molecular formula is C11H13Br2Cl3O3. The topological polar surface area (TPSA) is 43.4 Å². The fourth-order valence-electron chi connectivity index (χ4n) is 2.19. The van der Waals surface area contributed by atoms with Crippen LogP contribution < -0.4 is 0 Å². The Morgan fingerprint density at radius 2 is 1.89 bits per heavy atom. The highest BCUT2D eigenvalue weighted by Gasteiger charge is 2.66. The molecule has 3 nitrogen and oxygen atoms in total. The Morgan fingerprint density at radius 1 is 1.37 bits per heavy atom. The van der Waals surface area contributed by atoms with Crippen LogP contribution in [0.25, 0.3) is 0 Å². The molecule has 8 heteroatoms. The molecule has 3 atom stereocenters. The third-order valence-corrected chi connectivity index (χ3v) is 5.26. The van der Waals surface area contributed by atoms with Crippen LogP contribution >= 0.6 is 66.7 Å². The fraction of sp³-hybridized carbons (Fsp3) is 0.818. The molecule has 1 rings (SSSR count). The summed E-state index contributed by atoms with van der Waals surface area (Å²) in [7, 11) is 0. The lowest BCUT2D eigenvalue weighted by Gasteiger charge is -2.11. The number of esters is 1. The lowest BCUT2D eigenvalue weighted by atomic mass is 10.1. The monoisotopic (exact) mass is 456 g/mol. The number of ketones is 1. The number of hydrogen-bond donors (Lipinski definition) is 0. The maximum absolute atomic E-state index is 12.0. The Bertz CT molecular complexity index is 382. The quantitative estimate of drug-likeness (QED) is 0.463. The van der Waals surface area contributed by atoms with Gasteiger partial charge in [-0.1, -0.05) is 80.5 Å². The normalized spacial score (nSPS) is 26.7. The number of halogens is 5. The Kier molecular flexibility index (Phi) is 6.06. The second-order valence-corrected chi connectivity index (χ2v) is 9.11. The second-order valence-electron chi connectivity index (χ2n) is 5.05. The Labute approximate surface area is 143 Å². The lowest BCUT2D eigenvalue weighted by Crippen LogP contribution is -2.22. The molecule has 1 aliphatic carbocycles. The van der Waals surface area contributed by atoms with E-state index in [2.05, 4.69) is 31.9 Å². The van der Waals surface area contributed by atoms with Crippen molar-refractivity contribution in [2.75, 3.05) is 11.9 Å². The molecule has 0 aliphatic heterocycles. The summed E-state index contributed by atoms with van der Waals surface area (Å²) in [4.78, 5) is 23.2. The van der Waals surface area contributed by atoms with Crippen molar-refractivity contribution in [1.82, 2.24) is 0 Å². The lowest BCUT2D eigenvalue weighted by molar-refractivity contribution is -0.146. The third kappa shape index (κ3) is 4.47. The van der Waals surface area contributed by atoms with Gasteiger partial charge < -0.3 is 4.74 Å². The molecule has 0 spiro atoms. The molecule has 0 aromatic rings. The summed E-state index contributed by atoms with van der Waals surface area (Å²) in [5, 5.41) is 0.241. The van der Waals surface area contributed by atoms with Crippen LogP contribution in [0.4, 0.5) is 0 Å². The highest BCUT2D eigenvalue weighted by Crippen LogP contribution is 2.62. The zero-order chi connectivity index (χ0) is 15.0. The minimum absolute atomic E-state index is 0.00486. The summed E-state index contributed by atoms with van der Waals surface area (Å²) in [6.45, 7) is 3.53. The van der Waals surface area contributed by atoms with Crippen molar-refractivity contribution in [3.8, 4) is 0 Å². The first kappa shape index (κ1) is 18.0. The maximum atomic E-state index is 12.0. The van der Waals surface area contributed by atoms with Crippen molar-refractivity contribution in [2.24, 2.45) is 17.3 Å². The van der Waals surface area contributed by atoms with Crippen LogP contribution in [0.3, 0.4) is 0 Å². The minimum Gasteiger partial charge on any atom is -0.461 e. The largest absolute Gasteiger partial charge is 0.461 e. The first-order chi connectivity index (χ1) is 8.52. The molecular weight excluding hydrogens is 446 g/mol. The van der Waals surface area contributed by atoms with Crippen LogP contribution in [-0.4, -0.2) is 32.3 Å². The van der Waals surface area contributed by atoms with E-state index in [4.69, 9.17) is 39.5 Å². The van der Waals surface area contributed by atoms with Gasteiger partial charge in [0, 0.05) is 0 Å². The summed E-state index contributed by atoms with van der Waals surface area (Å²) in [5.74, 6) is -0.921. The van der Waals surface area contributed by atoms with E-state index in [9.17, 15) is 9.59 Å². The zero-order valence-corrected chi connectivity index (χ0v) is 15.7. The summed E-state index contributed by atoms with van der Waals surface area (Å²) in [6.07, 6.45) is 0. The van der Waals surface area contributed by atoms with Crippen LogP contribution in [-0.2, 0) is 14.3 Å². The summed E-state index contributed by atoms with van der Waals surface area (Å²) < 4.78 is 3.36. The number of ether oxygens (including phenoxy) is 1. The number of rotatable bonds is 5. The molecule has 0 bridgehead atoms. The zero-order valence-electron chi connectivity index (χ0n) is 10.3. The van der Waals surface area contributed by atoms with E-state index < -0.39 is 9.76 Å². The van der Waals surface area contributed by atoms with E-state index in [0.29, 0.717) is 0 Å². The molecule has 0 radical (unpaired) electrons. The van der Waals surface area contributed by atoms with E-state index in [1.165, 1.54) is 0 Å². The molecule has 0 aromatic carbocycles. The molecule has 0 amide bonds. The number of Topliss-reactive ketones (excluding diaryl/α,β-unsaturated/α-hetero) is 1. The van der Waals surface area contributed by atoms with Crippen molar-refractivity contribution in [2.45, 2.75) is 22.5 Å². The number of hydrogen-bond acceptors (Lipinski definition) is 3. The van der Waals surface area contributed by atoms with E-state index in [0.717, 1.165) is 0 Å². The first-order valence-electron chi connectivity index (χ1n) is 5.48. The van der Waals surface area contributed by atoms with E-state index >= 15 is 0 Å². The molecule has 0 N–H and O–H groups in total. The molecule has 1 fully saturated rings. The standard InChI is InChI=1S/C11H13Br2Cl3O3/c1-10(2)6(8(13)5(17)3-12)7(10)9(18)19-4-11(14,15)16/h6-8H,3-4H2,1-2H3/t6-,7+,8?/m1/s1. The van der Waals surface area contributed by atoms with Crippen molar-refractivity contribution in [1.29, 1.82) is 0 Å². The van der Waals surface area contributed by atoms with Gasteiger partial charge in [-0.05, 0) is 11.3 Å². The van der Waals surface area contributed by atoms with Gasteiger partial charge in [0.1, 0.15) is 6.61 Å². The van der Waals surface area contributed by atoms with Crippen LogP contribution in [0.1, 0.15) is 13.8 Å². The number of carbonyl (C=O) groups excluding carboxylic acids is 2.